The van der Waals surface area contributed by atoms with Crippen LogP contribution in [0.2, 0.25) is 0 Å². The van der Waals surface area contributed by atoms with E-state index in [0.29, 0.717) is 6.61 Å². The van der Waals surface area contributed by atoms with Crippen LogP contribution in [0.5, 0.6) is 5.75 Å². The van der Waals surface area contributed by atoms with Gasteiger partial charge in [0.25, 0.3) is 0 Å². The summed E-state index contributed by atoms with van der Waals surface area (Å²) in [5, 5.41) is 0. The Bertz CT molecular complexity index is 478. The molecule has 0 unspecified atom stereocenters. The summed E-state index contributed by atoms with van der Waals surface area (Å²) in [5.41, 5.74) is 2.65. The molecule has 0 spiro atoms. The minimum Gasteiger partial charge on any atom is -0.494 e. The Labute approximate surface area is 115 Å². The Kier molecular flexibility index (Phi) is 4.99. The quantitative estimate of drug-likeness (QED) is 0.780. The van der Waals surface area contributed by atoms with Crippen LogP contribution in [-0.2, 0) is 13.1 Å². The Morgan fingerprint density at radius 3 is 2.00 bits per heavy atom. The fraction of sp³-hybridized carbons (Fsp3) is 0.294. The molecule has 19 heavy (non-hydrogen) atoms. The van der Waals surface area contributed by atoms with Crippen LogP contribution in [-0.4, -0.2) is 18.6 Å². The zero-order valence-electron chi connectivity index (χ0n) is 11.7. The van der Waals surface area contributed by atoms with Crippen LogP contribution >= 0.6 is 0 Å². The molecule has 0 heterocycles. The first-order chi connectivity index (χ1) is 9.28. The average Bonchev–Trinajstić information content (AvgIpc) is 2.42. The third-order valence-corrected chi connectivity index (χ3v) is 2.98. The van der Waals surface area contributed by atoms with Gasteiger partial charge in [-0.2, -0.15) is 0 Å². The Hall–Kier alpha value is -1.80. The van der Waals surface area contributed by atoms with E-state index in [1.54, 1.807) is 0 Å². The van der Waals surface area contributed by atoms with Crippen LogP contribution < -0.4 is 4.74 Å². The number of hydrogen-bond donors (Lipinski definition) is 0. The molecule has 100 valence electrons. The van der Waals surface area contributed by atoms with Crippen molar-refractivity contribution in [2.75, 3.05) is 13.7 Å². The van der Waals surface area contributed by atoms with Crippen LogP contribution in [0.1, 0.15) is 18.1 Å². The van der Waals surface area contributed by atoms with Crippen LogP contribution in [0.15, 0.2) is 54.6 Å². The molecule has 0 saturated carbocycles. The largest absolute Gasteiger partial charge is 0.494 e. The van der Waals surface area contributed by atoms with Crippen molar-refractivity contribution in [3.63, 3.8) is 0 Å². The van der Waals surface area contributed by atoms with E-state index in [1.807, 2.05) is 19.1 Å². The number of hydrogen-bond acceptors (Lipinski definition) is 2. The van der Waals surface area contributed by atoms with Gasteiger partial charge in [-0.1, -0.05) is 42.5 Å². The predicted octanol–water partition coefficient (Wildman–Crippen LogP) is 3.72. The zero-order valence-corrected chi connectivity index (χ0v) is 11.7. The SMILES string of the molecule is CCOc1ccc(CN(C)Cc2ccccc2)cc1. The van der Waals surface area contributed by atoms with E-state index in [0.717, 1.165) is 18.8 Å². The summed E-state index contributed by atoms with van der Waals surface area (Å²) in [6.07, 6.45) is 0. The van der Waals surface area contributed by atoms with E-state index in [9.17, 15) is 0 Å². The molecule has 0 N–H and O–H groups in total. The summed E-state index contributed by atoms with van der Waals surface area (Å²) in [5.74, 6) is 0.942. The molecule has 0 radical (unpaired) electrons. The molecule has 0 bridgehead atoms. The molecule has 2 aromatic carbocycles. The summed E-state index contributed by atoms with van der Waals surface area (Å²) in [6.45, 7) is 4.63. The van der Waals surface area contributed by atoms with Crippen molar-refractivity contribution in [1.82, 2.24) is 4.90 Å². The minimum absolute atomic E-state index is 0.716. The smallest absolute Gasteiger partial charge is 0.119 e. The second-order valence-electron chi connectivity index (χ2n) is 4.73. The molecule has 2 nitrogen and oxygen atoms in total. The van der Waals surface area contributed by atoms with E-state index < -0.39 is 0 Å². The van der Waals surface area contributed by atoms with E-state index >= 15 is 0 Å². The van der Waals surface area contributed by atoms with Crippen LogP contribution in [0, 0.1) is 0 Å². The standard InChI is InChI=1S/C17H21NO/c1-3-19-17-11-9-16(10-12-17)14-18(2)13-15-7-5-4-6-8-15/h4-12H,3,13-14H2,1-2H3. The number of ether oxygens (including phenoxy) is 1. The Balaban J connectivity index is 1.89. The average molecular weight is 255 g/mol. The minimum atomic E-state index is 0.716. The summed E-state index contributed by atoms with van der Waals surface area (Å²) in [7, 11) is 2.14. The maximum absolute atomic E-state index is 5.45. The molecule has 0 aromatic heterocycles. The van der Waals surface area contributed by atoms with Gasteiger partial charge in [-0.25, -0.2) is 0 Å². The molecule has 0 aliphatic carbocycles. The van der Waals surface area contributed by atoms with Crippen molar-refractivity contribution in [1.29, 1.82) is 0 Å². The fourth-order valence-corrected chi connectivity index (χ4v) is 2.12. The van der Waals surface area contributed by atoms with Gasteiger partial charge in [-0.05, 0) is 37.2 Å². The van der Waals surface area contributed by atoms with Crippen LogP contribution in [0.4, 0.5) is 0 Å². The van der Waals surface area contributed by atoms with E-state index in [2.05, 4.69) is 54.4 Å². The molecule has 0 amide bonds. The van der Waals surface area contributed by atoms with Gasteiger partial charge in [0.05, 0.1) is 6.61 Å². The first-order valence-corrected chi connectivity index (χ1v) is 6.72. The lowest BCUT2D eigenvalue weighted by atomic mass is 10.2. The molecule has 0 saturated heterocycles. The number of benzene rings is 2. The lowest BCUT2D eigenvalue weighted by molar-refractivity contribution is 0.318. The van der Waals surface area contributed by atoms with Gasteiger partial charge >= 0.3 is 0 Å². The lowest BCUT2D eigenvalue weighted by Gasteiger charge is -2.17. The first kappa shape index (κ1) is 13.6. The van der Waals surface area contributed by atoms with Crippen molar-refractivity contribution < 1.29 is 4.74 Å². The molecule has 2 aromatic rings. The molecular weight excluding hydrogens is 234 g/mol. The lowest BCUT2D eigenvalue weighted by Crippen LogP contribution is -2.17. The maximum Gasteiger partial charge on any atom is 0.119 e. The predicted molar refractivity (Wildman–Crippen MR) is 79.2 cm³/mol. The van der Waals surface area contributed by atoms with Gasteiger partial charge in [0, 0.05) is 13.1 Å². The molecule has 0 atom stereocenters. The maximum atomic E-state index is 5.45. The van der Waals surface area contributed by atoms with E-state index in [-0.39, 0.29) is 0 Å². The van der Waals surface area contributed by atoms with Crippen molar-refractivity contribution in [3.8, 4) is 5.75 Å². The first-order valence-electron chi connectivity index (χ1n) is 6.72. The third kappa shape index (κ3) is 4.42. The van der Waals surface area contributed by atoms with Crippen molar-refractivity contribution >= 4 is 0 Å². The fourth-order valence-electron chi connectivity index (χ4n) is 2.12. The van der Waals surface area contributed by atoms with Gasteiger partial charge in [0.1, 0.15) is 5.75 Å². The third-order valence-electron chi connectivity index (χ3n) is 2.98. The monoisotopic (exact) mass is 255 g/mol. The molecular formula is C17H21NO. The highest BCUT2D eigenvalue weighted by Crippen LogP contribution is 2.14. The van der Waals surface area contributed by atoms with Gasteiger partial charge in [-0.3, -0.25) is 4.90 Å². The number of rotatable bonds is 6. The van der Waals surface area contributed by atoms with E-state index in [1.165, 1.54) is 11.1 Å². The normalized spacial score (nSPS) is 10.7. The highest BCUT2D eigenvalue weighted by Gasteiger charge is 2.02. The summed E-state index contributed by atoms with van der Waals surface area (Å²) in [6, 6.07) is 18.9. The zero-order chi connectivity index (χ0) is 13.5. The topological polar surface area (TPSA) is 12.5 Å². The van der Waals surface area contributed by atoms with Crippen LogP contribution in [0.3, 0.4) is 0 Å². The Morgan fingerprint density at radius 1 is 0.842 bits per heavy atom. The molecule has 0 aliphatic heterocycles. The van der Waals surface area contributed by atoms with Gasteiger partial charge < -0.3 is 4.74 Å². The molecule has 0 aliphatic rings. The second kappa shape index (κ2) is 6.95. The molecule has 0 fully saturated rings. The van der Waals surface area contributed by atoms with Crippen LogP contribution in [0.25, 0.3) is 0 Å². The highest BCUT2D eigenvalue weighted by molar-refractivity contribution is 5.27. The van der Waals surface area contributed by atoms with Crippen molar-refractivity contribution in [2.45, 2.75) is 20.0 Å². The van der Waals surface area contributed by atoms with E-state index in [4.69, 9.17) is 4.74 Å². The van der Waals surface area contributed by atoms with Gasteiger partial charge in [0.15, 0.2) is 0 Å². The van der Waals surface area contributed by atoms with Gasteiger partial charge in [0.2, 0.25) is 0 Å². The second-order valence-corrected chi connectivity index (χ2v) is 4.73. The Morgan fingerprint density at radius 2 is 1.42 bits per heavy atom. The van der Waals surface area contributed by atoms with Crippen molar-refractivity contribution in [2.24, 2.45) is 0 Å². The van der Waals surface area contributed by atoms with Crippen molar-refractivity contribution in [3.05, 3.63) is 65.7 Å². The van der Waals surface area contributed by atoms with Gasteiger partial charge in [-0.15, -0.1) is 0 Å². The summed E-state index contributed by atoms with van der Waals surface area (Å²) >= 11 is 0. The number of nitrogens with zero attached hydrogens (tertiary/aromatic N) is 1. The molecule has 2 rings (SSSR count). The summed E-state index contributed by atoms with van der Waals surface area (Å²) in [4.78, 5) is 2.31. The highest BCUT2D eigenvalue weighted by atomic mass is 16.5. The molecule has 2 heteroatoms. The summed E-state index contributed by atoms with van der Waals surface area (Å²) < 4.78 is 5.45.